The lowest BCUT2D eigenvalue weighted by Gasteiger charge is -2.32. The summed E-state index contributed by atoms with van der Waals surface area (Å²) in [5.74, 6) is -5.63. The van der Waals surface area contributed by atoms with Crippen LogP contribution in [-0.2, 0) is 137 Å². The van der Waals surface area contributed by atoms with Crippen molar-refractivity contribution in [3.05, 3.63) is 228 Å². The second-order valence-electron chi connectivity index (χ2n) is 39.4. The molecule has 0 unspecified atom stereocenters. The highest BCUT2D eigenvalue weighted by atomic mass is 32.2. The summed E-state index contributed by atoms with van der Waals surface area (Å²) in [6.07, 6.45) is -4.29. The quantitative estimate of drug-likeness (QED) is 0.0182. The van der Waals surface area contributed by atoms with E-state index >= 15 is 0 Å². The third-order valence-corrected chi connectivity index (χ3v) is 33.7. The van der Waals surface area contributed by atoms with Crippen LogP contribution in [0.5, 0.6) is 0 Å². The zero-order valence-corrected chi connectivity index (χ0v) is 88.1. The van der Waals surface area contributed by atoms with Crippen molar-refractivity contribution in [2.24, 2.45) is 35.3 Å². The van der Waals surface area contributed by atoms with Gasteiger partial charge in [-0.25, -0.2) is 48.1 Å². The molecule has 5 fully saturated rings. The van der Waals surface area contributed by atoms with E-state index in [1.807, 2.05) is 120 Å². The molecule has 44 heteroatoms. The number of nitrogens with one attached hydrogen (secondary N) is 5. The Kier molecular flexibility index (Phi) is 44.0. The second kappa shape index (κ2) is 55.1. The number of carbonyl (C=O) groups is 10. The standard InChI is InChI=1S/C28H33N3O8S.C24H29N3O6S.C17H26N2O4S.C12H18N2O2S.C12H13NO5.C11H22N2O2/c1-19(32)38-25(26(39-20(2)33)28(35)30-17-22-8-6-7-9-23(22)18-30)27(34)29-16-21-12-14-31(15-13-21)40(36,37)24-10-4-3-5-11-24;28-21(22(29)24(31)26-15-18-6-4-5-7-19(18)16-26)23(30)25-14-17-10-12-27(13-11-17)34(32,33)20-8-2-1-3-9-20;1-17(2,3)23-16(20)18-13-14-9-11-19(12-10-14)24(21,22)15-7-5-4-6-8-15;13-10-11-6-8-14(9-7-11)17(15,16)12-4-2-1-3-5-12;14-9(10(15)12(17)18)11(16)13-5-7-3-1-2-4-8(7)6-13;1-11(2,3)15-10(14)13-8-9-4-6-12-7-5-9/h3-11,21,25-26H,12-18H2,1-2H3,(H,29,34);1-9,17,21-22,28-29H,10-16H2,(H,25,30);4-8,14H,9-13H2,1-3H3,(H,18,20);1-5,11H,6-10,13H2;1-4,9-10,14-15H,5-6H2,(H,17,18);9,12H,4-8H2,1-3H3,(H,13,14)/t25-,26-;21-,22-;;;9-,10-;/m11..1./s1. The third kappa shape index (κ3) is 34.9. The lowest BCUT2D eigenvalue weighted by molar-refractivity contribution is -0.178. The van der Waals surface area contributed by atoms with Gasteiger partial charge in [-0.1, -0.05) is 146 Å². The molecule has 6 atom stereocenters. The summed E-state index contributed by atoms with van der Waals surface area (Å²) < 4.78 is 128. The first-order valence-electron chi connectivity index (χ1n) is 49.6. The molecule has 148 heavy (non-hydrogen) atoms. The van der Waals surface area contributed by atoms with E-state index in [0.29, 0.717) is 126 Å². The summed E-state index contributed by atoms with van der Waals surface area (Å²) in [5, 5.41) is 61.9. The van der Waals surface area contributed by atoms with Gasteiger partial charge in [-0.2, -0.15) is 17.2 Å². The molecule has 8 aliphatic heterocycles. The van der Waals surface area contributed by atoms with E-state index in [1.165, 1.54) is 27.6 Å². The van der Waals surface area contributed by atoms with Gasteiger partial charge < -0.3 is 91.5 Å². The lowest BCUT2D eigenvalue weighted by atomic mass is 9.98. The topological polar surface area (TPSA) is 554 Å². The van der Waals surface area contributed by atoms with Gasteiger partial charge in [0.2, 0.25) is 52.3 Å². The predicted octanol–water partition coefficient (Wildman–Crippen LogP) is 6.58. The van der Waals surface area contributed by atoms with Crippen LogP contribution < -0.4 is 32.3 Å². The van der Waals surface area contributed by atoms with Gasteiger partial charge in [0.1, 0.15) is 11.2 Å². The largest absolute Gasteiger partial charge is 0.479 e. The molecule has 5 saturated heterocycles. The van der Waals surface area contributed by atoms with Crippen molar-refractivity contribution in [3.63, 3.8) is 0 Å². The summed E-state index contributed by atoms with van der Waals surface area (Å²) in [6.45, 7) is 22.9. The molecule has 808 valence electrons. The van der Waals surface area contributed by atoms with Crippen LogP contribution in [0.15, 0.2) is 214 Å². The van der Waals surface area contributed by atoms with Gasteiger partial charge in [0, 0.05) is 132 Å². The number of carbonyl (C=O) groups excluding carboxylic acids is 9. The predicted molar refractivity (Wildman–Crippen MR) is 546 cm³/mol. The number of aliphatic hydroxyl groups excluding tert-OH is 4. The molecule has 8 heterocycles. The Morgan fingerprint density at radius 3 is 0.851 bits per heavy atom. The number of alkyl carbamates (subject to hydrolysis) is 2. The molecular weight excluding hydrogens is 1990 g/mol. The number of sulfonamides is 4. The highest BCUT2D eigenvalue weighted by Crippen LogP contribution is 2.33. The number of hydrogen-bond acceptors (Lipinski definition) is 28. The van der Waals surface area contributed by atoms with Crippen LogP contribution in [-0.4, -0.2) is 297 Å². The Morgan fingerprint density at radius 2 is 0.581 bits per heavy atom. The van der Waals surface area contributed by atoms with Crippen molar-refractivity contribution < 1.29 is 126 Å². The SMILES string of the molecule is CC(=O)O[C@@H](C(=O)NCC1CCN(S(=O)(=O)c2ccccc2)CC1)[C@@H](OC(C)=O)C(=O)N1Cc2ccccc2C1.CC(C)(C)OC(=O)NCC1CCN(S(=O)(=O)c2ccccc2)CC1.CC(C)(C)OC(=O)NCC1CCNCC1.NCC1CCN(S(=O)(=O)c2ccccc2)CC1.O=C(NCC1CCN(S(=O)(=O)c2ccccc2)CC1)[C@H](O)[C@@H](O)C(=O)N1Cc2ccccc2C1.O=C(O)[C@H](O)[C@@H](O)C(=O)N1Cc2ccccc2C1. The van der Waals surface area contributed by atoms with Crippen LogP contribution >= 0.6 is 0 Å². The third-order valence-electron chi connectivity index (χ3n) is 26.1. The molecule has 7 aromatic carbocycles. The fraction of sp³-hybridized carbons (Fsp3) is 0.500. The first kappa shape index (κ1) is 118. The summed E-state index contributed by atoms with van der Waals surface area (Å²) in [4.78, 5) is 126. The van der Waals surface area contributed by atoms with E-state index in [-0.39, 0.29) is 72.9 Å². The molecule has 0 saturated carbocycles. The number of esters is 2. The molecule has 0 aliphatic carbocycles. The fourth-order valence-electron chi connectivity index (χ4n) is 17.7. The second-order valence-corrected chi connectivity index (χ2v) is 47.1. The number of piperidine rings is 5. The van der Waals surface area contributed by atoms with Crippen molar-refractivity contribution in [1.29, 1.82) is 0 Å². The van der Waals surface area contributed by atoms with Gasteiger partial charge in [0.15, 0.2) is 24.4 Å². The Bertz CT molecular complexity index is 5990. The smallest absolute Gasteiger partial charge is 0.407 e. The molecule has 15 rings (SSSR count). The van der Waals surface area contributed by atoms with E-state index in [9.17, 15) is 96.9 Å². The minimum absolute atomic E-state index is 0.0271. The number of aliphatic hydroxyl groups is 4. The van der Waals surface area contributed by atoms with Crippen molar-refractivity contribution in [3.8, 4) is 0 Å². The molecule has 0 aromatic heterocycles. The van der Waals surface area contributed by atoms with Crippen LogP contribution in [0.25, 0.3) is 0 Å². The first-order valence-corrected chi connectivity index (χ1v) is 55.4. The van der Waals surface area contributed by atoms with Crippen LogP contribution in [0.2, 0.25) is 0 Å². The summed E-state index contributed by atoms with van der Waals surface area (Å²) in [7, 11) is -13.9. The average molecular weight is 2130 g/mol. The molecule has 7 amide bonds. The number of fused-ring (bicyclic) bond motifs is 3. The number of hydrogen-bond donors (Lipinski definition) is 11. The highest BCUT2D eigenvalue weighted by molar-refractivity contribution is 7.90. The van der Waals surface area contributed by atoms with Gasteiger partial charge in [-0.05, 0) is 237 Å². The maximum atomic E-state index is 13.4. The van der Waals surface area contributed by atoms with Crippen molar-refractivity contribution >= 4 is 99.7 Å². The Labute approximate surface area is 866 Å². The summed E-state index contributed by atoms with van der Waals surface area (Å²) >= 11 is 0. The fourth-order valence-corrected chi connectivity index (χ4v) is 23.7. The Hall–Kier alpha value is -11.8. The van der Waals surface area contributed by atoms with Gasteiger partial charge in [-0.15, -0.1) is 0 Å². The number of nitrogens with two attached hydrogens (primary N) is 1. The molecule has 40 nitrogen and oxygen atoms in total. The van der Waals surface area contributed by atoms with E-state index in [1.54, 1.807) is 120 Å². The van der Waals surface area contributed by atoms with Gasteiger partial charge in [0.25, 0.3) is 29.5 Å². The number of rotatable bonds is 28. The highest BCUT2D eigenvalue weighted by Gasteiger charge is 2.45. The minimum Gasteiger partial charge on any atom is -0.479 e. The molecular formula is C104H141N13O27S4. The Morgan fingerprint density at radius 1 is 0.338 bits per heavy atom. The Balaban J connectivity index is 0.000000188. The van der Waals surface area contributed by atoms with E-state index in [0.717, 1.165) is 105 Å². The summed E-state index contributed by atoms with van der Waals surface area (Å²) in [5.41, 5.74) is 10.4. The molecule has 0 radical (unpaired) electrons. The number of ether oxygens (including phenoxy) is 4. The monoisotopic (exact) mass is 2130 g/mol. The van der Waals surface area contributed by atoms with Crippen LogP contribution in [0.3, 0.4) is 0 Å². The van der Waals surface area contributed by atoms with E-state index < -0.39 is 141 Å². The maximum absolute atomic E-state index is 13.4. The zero-order valence-electron chi connectivity index (χ0n) is 84.8. The van der Waals surface area contributed by atoms with Crippen LogP contribution in [0.1, 0.15) is 153 Å². The van der Waals surface area contributed by atoms with Crippen molar-refractivity contribution in [2.75, 3.05) is 98.2 Å². The summed E-state index contributed by atoms with van der Waals surface area (Å²) in [6, 6.07) is 56.0. The molecule has 0 spiro atoms. The number of carboxylic acid groups (broad SMARTS) is 1. The maximum Gasteiger partial charge on any atom is 0.407 e. The molecule has 12 N–H and O–H groups in total. The van der Waals surface area contributed by atoms with E-state index in [4.69, 9.17) is 34.9 Å². The normalized spacial score (nSPS) is 18.0. The van der Waals surface area contributed by atoms with Gasteiger partial charge >= 0.3 is 30.1 Å². The van der Waals surface area contributed by atoms with Crippen molar-refractivity contribution in [1.82, 2.24) is 58.5 Å². The number of nitrogens with zero attached hydrogens (tertiary/aromatic N) is 7. The van der Waals surface area contributed by atoms with Gasteiger partial charge in [0.05, 0.1) is 19.6 Å². The molecule has 8 aliphatic rings. The minimum atomic E-state index is -3.61. The first-order chi connectivity index (χ1) is 70.1. The van der Waals surface area contributed by atoms with Crippen molar-refractivity contribution in [2.45, 2.75) is 226 Å². The van der Waals surface area contributed by atoms with Crippen LogP contribution in [0, 0.1) is 29.6 Å². The van der Waals surface area contributed by atoms with Gasteiger partial charge in [-0.3, -0.25) is 33.6 Å². The lowest BCUT2D eigenvalue weighted by Crippen LogP contribution is -2.54. The number of aliphatic carboxylic acids is 1. The number of amides is 7. The average Bonchev–Trinajstić information content (AvgIpc) is 1.05. The molecule has 7 aromatic rings. The van der Waals surface area contributed by atoms with Crippen LogP contribution in [0.4, 0.5) is 9.59 Å². The zero-order chi connectivity index (χ0) is 108. The number of carboxylic acids is 1. The van der Waals surface area contributed by atoms with E-state index in [2.05, 4.69) is 26.6 Å². The number of benzene rings is 7. The molecule has 0 bridgehead atoms.